The molecule has 0 radical (unpaired) electrons. The minimum Gasteiger partial charge on any atom is -0.741 e. The molecular weight excluding hydrogens is 419 g/mol. The fourth-order valence-corrected chi connectivity index (χ4v) is 2.53. The number of carbonyl (C=O) groups excluding carboxylic acids is 1. The monoisotopic (exact) mass is 441 g/mol. The molecule has 12 heteroatoms. The third-order valence-electron chi connectivity index (χ3n) is 4.47. The van der Waals surface area contributed by atoms with Crippen LogP contribution in [0.25, 0.3) is 0 Å². The third-order valence-corrected chi connectivity index (χ3v) is 5.03. The van der Waals surface area contributed by atoms with Crippen molar-refractivity contribution in [3.8, 4) is 5.75 Å². The molecule has 29 heavy (non-hydrogen) atoms. The van der Waals surface area contributed by atoms with E-state index >= 15 is 0 Å². The van der Waals surface area contributed by atoms with Crippen LogP contribution in [0.2, 0.25) is 0 Å². The number of alkyl halides is 3. The maximum Gasteiger partial charge on any atom is 0.485 e. The van der Waals surface area contributed by atoms with Crippen molar-refractivity contribution >= 4 is 16.1 Å². The van der Waals surface area contributed by atoms with Crippen molar-refractivity contribution in [3.05, 3.63) is 41.7 Å². The number of rotatable bonds is 4. The number of halogens is 3. The van der Waals surface area contributed by atoms with Crippen molar-refractivity contribution in [2.75, 3.05) is 27.8 Å². The van der Waals surface area contributed by atoms with E-state index < -0.39 is 21.2 Å². The molecule has 0 fully saturated rings. The molecule has 2 rings (SSSR count). The molecule has 1 atom stereocenters. The van der Waals surface area contributed by atoms with Gasteiger partial charge in [-0.3, -0.25) is 0 Å². The number of quaternary nitrogens is 1. The molecule has 8 nitrogen and oxygen atoms in total. The number of nitrogens with zero attached hydrogens (tertiary/aromatic N) is 1. The predicted octanol–water partition coefficient (Wildman–Crippen LogP) is 2.43. The summed E-state index contributed by atoms with van der Waals surface area (Å²) in [6.45, 7) is 4.10. The van der Waals surface area contributed by atoms with Crippen molar-refractivity contribution in [1.29, 1.82) is 0 Å². The Labute approximate surface area is 166 Å². The molecule has 0 bridgehead atoms. The highest BCUT2D eigenvalue weighted by atomic mass is 32.2. The lowest BCUT2D eigenvalue weighted by Gasteiger charge is -2.38. The molecule has 1 heterocycles. The lowest BCUT2D eigenvalue weighted by molar-refractivity contribution is -1.10. The van der Waals surface area contributed by atoms with Crippen molar-refractivity contribution in [2.45, 2.75) is 24.9 Å². The van der Waals surface area contributed by atoms with Crippen LogP contribution in [0, 0.1) is 0 Å². The van der Waals surface area contributed by atoms with Crippen LogP contribution >= 0.6 is 0 Å². The summed E-state index contributed by atoms with van der Waals surface area (Å²) in [5, 5.41) is 0. The largest absolute Gasteiger partial charge is 0.741 e. The van der Waals surface area contributed by atoms with E-state index in [4.69, 9.17) is 27.3 Å². The number of hydrogen-bond donors (Lipinski definition) is 0. The number of hydroxylamine groups is 3. The minimum absolute atomic E-state index is 0.188. The van der Waals surface area contributed by atoms with Crippen molar-refractivity contribution in [3.63, 3.8) is 0 Å². The molecule has 1 aliphatic rings. The lowest BCUT2D eigenvalue weighted by Crippen LogP contribution is -2.53. The molecule has 1 aromatic carbocycles. The molecule has 0 N–H and O–H groups in total. The van der Waals surface area contributed by atoms with E-state index in [2.05, 4.69) is 0 Å². The standard InChI is InChI=1S/C16H22NO4.CHF3O3S/c1-6-20-15(18)14-11-21-17(3,4)16(14,2)12-7-9-13(19-5)10-8-12;2-1(3,4)8(5,6)7/h7-11H,6H2,1-5H3;(H,5,6,7)/q+1;/p-1. The summed E-state index contributed by atoms with van der Waals surface area (Å²) in [5.41, 5.74) is -4.81. The Morgan fingerprint density at radius 2 is 1.72 bits per heavy atom. The topological polar surface area (TPSA) is 102 Å². The third kappa shape index (κ3) is 5.19. The maximum absolute atomic E-state index is 12.2. The molecule has 1 aromatic rings. The maximum atomic E-state index is 12.2. The number of benzene rings is 1. The number of methoxy groups -OCH3 is 1. The first kappa shape index (κ1) is 24.7. The normalized spacial score (nSPS) is 20.7. The summed E-state index contributed by atoms with van der Waals surface area (Å²) in [6, 6.07) is 7.64. The van der Waals surface area contributed by atoms with Gasteiger partial charge in [0.25, 0.3) is 0 Å². The molecular formula is C17H22F3NO7S. The highest BCUT2D eigenvalue weighted by molar-refractivity contribution is 7.86. The van der Waals surface area contributed by atoms with Crippen molar-refractivity contribution in [1.82, 2.24) is 0 Å². The van der Waals surface area contributed by atoms with Gasteiger partial charge in [-0.15, -0.1) is 4.65 Å². The summed E-state index contributed by atoms with van der Waals surface area (Å²) in [6.07, 6.45) is 1.50. The molecule has 164 valence electrons. The van der Waals surface area contributed by atoms with Gasteiger partial charge in [-0.2, -0.15) is 13.2 Å². The van der Waals surface area contributed by atoms with Gasteiger partial charge >= 0.3 is 11.5 Å². The number of ether oxygens (including phenoxy) is 2. The number of likely N-dealkylation sites (N-methyl/N-ethyl adjacent to an activating group) is 1. The van der Waals surface area contributed by atoms with Crippen LogP contribution in [-0.2, 0) is 30.0 Å². The highest BCUT2D eigenvalue weighted by Crippen LogP contribution is 2.45. The number of carbonyl (C=O) groups is 1. The Bertz CT molecular complexity index is 864. The molecule has 0 aromatic heterocycles. The SMILES string of the molecule is CCOC(=O)C1=CO[N+](C)(C)C1(C)c1ccc(OC)cc1.O=S(=O)([O-])C(F)(F)F. The Morgan fingerprint density at radius 1 is 1.24 bits per heavy atom. The lowest BCUT2D eigenvalue weighted by atomic mass is 9.83. The molecule has 0 amide bonds. The summed E-state index contributed by atoms with van der Waals surface area (Å²) in [5.74, 6) is 0.424. The first-order valence-electron chi connectivity index (χ1n) is 8.18. The quantitative estimate of drug-likeness (QED) is 0.306. The van der Waals surface area contributed by atoms with E-state index in [0.717, 1.165) is 11.3 Å². The summed E-state index contributed by atoms with van der Waals surface area (Å²) in [4.78, 5) is 17.9. The van der Waals surface area contributed by atoms with Gasteiger partial charge in [-0.25, -0.2) is 13.2 Å². The van der Waals surface area contributed by atoms with Gasteiger partial charge in [0.2, 0.25) is 0 Å². The molecule has 1 aliphatic heterocycles. The fourth-order valence-electron chi connectivity index (χ4n) is 2.53. The summed E-state index contributed by atoms with van der Waals surface area (Å²) >= 11 is 0. The van der Waals surface area contributed by atoms with Gasteiger partial charge < -0.3 is 18.9 Å². The van der Waals surface area contributed by atoms with Gasteiger partial charge in [0.15, 0.2) is 21.9 Å². The fraction of sp³-hybridized carbons (Fsp3) is 0.471. The van der Waals surface area contributed by atoms with Crippen LogP contribution in [0.1, 0.15) is 19.4 Å². The second-order valence-electron chi connectivity index (χ2n) is 6.41. The molecule has 0 aliphatic carbocycles. The van der Waals surface area contributed by atoms with E-state index in [9.17, 15) is 18.0 Å². The van der Waals surface area contributed by atoms with Crippen molar-refractivity contribution in [2.24, 2.45) is 0 Å². The van der Waals surface area contributed by atoms with Gasteiger partial charge in [-0.1, -0.05) is 0 Å². The number of hydrogen-bond acceptors (Lipinski definition) is 7. The Hall–Kier alpha value is -2.31. The van der Waals surface area contributed by atoms with Crippen LogP contribution in [0.15, 0.2) is 36.1 Å². The zero-order chi connectivity index (χ0) is 22.7. The van der Waals surface area contributed by atoms with Gasteiger partial charge in [0, 0.05) is 12.5 Å². The minimum atomic E-state index is -6.09. The van der Waals surface area contributed by atoms with E-state index in [0.29, 0.717) is 12.2 Å². The summed E-state index contributed by atoms with van der Waals surface area (Å²) < 4.78 is 69.4. The van der Waals surface area contributed by atoms with Crippen LogP contribution < -0.4 is 4.74 Å². The average molecular weight is 441 g/mol. The average Bonchev–Trinajstić information content (AvgIpc) is 2.85. The van der Waals surface area contributed by atoms with Crippen LogP contribution in [0.3, 0.4) is 0 Å². The first-order chi connectivity index (χ1) is 13.1. The van der Waals surface area contributed by atoms with Crippen LogP contribution in [0.4, 0.5) is 13.2 Å². The van der Waals surface area contributed by atoms with Gasteiger partial charge in [0.1, 0.15) is 25.4 Å². The summed E-state index contributed by atoms with van der Waals surface area (Å²) in [7, 11) is -0.647. The molecule has 0 saturated heterocycles. The van der Waals surface area contributed by atoms with Crippen LogP contribution in [-0.4, -0.2) is 56.9 Å². The van der Waals surface area contributed by atoms with Crippen LogP contribution in [0.5, 0.6) is 5.75 Å². The zero-order valence-corrected chi connectivity index (χ0v) is 17.3. The Kier molecular flexibility index (Phi) is 7.33. The van der Waals surface area contributed by atoms with E-state index in [-0.39, 0.29) is 10.6 Å². The zero-order valence-electron chi connectivity index (χ0n) is 16.4. The second-order valence-corrected chi connectivity index (χ2v) is 7.78. The molecule has 0 saturated carbocycles. The van der Waals surface area contributed by atoms with Gasteiger partial charge in [0.05, 0.1) is 13.7 Å². The molecule has 1 unspecified atom stereocenters. The molecule has 0 spiro atoms. The second kappa shape index (κ2) is 8.59. The number of esters is 1. The Morgan fingerprint density at radius 3 is 2.10 bits per heavy atom. The van der Waals surface area contributed by atoms with Crippen molar-refractivity contribution < 1.29 is 49.9 Å². The first-order valence-corrected chi connectivity index (χ1v) is 9.59. The van der Waals surface area contributed by atoms with E-state index in [1.165, 1.54) is 6.26 Å². The smallest absolute Gasteiger partial charge is 0.485 e. The van der Waals surface area contributed by atoms with Gasteiger partial charge in [-0.05, 0) is 31.2 Å². The highest BCUT2D eigenvalue weighted by Gasteiger charge is 2.56. The van der Waals surface area contributed by atoms with E-state index in [1.54, 1.807) is 14.0 Å². The Balaban J connectivity index is 0.000000447. The van der Waals surface area contributed by atoms with E-state index in [1.807, 2.05) is 45.3 Å². The predicted molar refractivity (Wildman–Crippen MR) is 94.0 cm³/mol.